The van der Waals surface area contributed by atoms with Crippen molar-refractivity contribution in [2.45, 2.75) is 26.7 Å². The predicted molar refractivity (Wildman–Crippen MR) is 67.9 cm³/mol. The number of likely N-dealkylation sites (tertiary alicyclic amines) is 1. The molecule has 4 nitrogen and oxygen atoms in total. The third kappa shape index (κ3) is 3.35. The topological polar surface area (TPSA) is 49.4 Å². The summed E-state index contributed by atoms with van der Waals surface area (Å²) >= 11 is 5.81. The summed E-state index contributed by atoms with van der Waals surface area (Å²) in [7, 11) is 1.63. The van der Waals surface area contributed by atoms with Crippen molar-refractivity contribution in [3.63, 3.8) is 0 Å². The van der Waals surface area contributed by atoms with E-state index in [0.717, 1.165) is 19.4 Å². The smallest absolute Gasteiger partial charge is 0.229 e. The van der Waals surface area contributed by atoms with E-state index in [-0.39, 0.29) is 17.7 Å². The van der Waals surface area contributed by atoms with Gasteiger partial charge in [0.1, 0.15) is 0 Å². The van der Waals surface area contributed by atoms with Crippen LogP contribution in [0.4, 0.5) is 0 Å². The van der Waals surface area contributed by atoms with Gasteiger partial charge in [-0.05, 0) is 26.7 Å². The zero-order valence-electron chi connectivity index (χ0n) is 10.8. The normalized spacial score (nSPS) is 21.2. The Kier molecular flexibility index (Phi) is 4.80. The Morgan fingerprint density at radius 2 is 2.12 bits per heavy atom. The fourth-order valence-electron chi connectivity index (χ4n) is 2.06. The lowest BCUT2D eigenvalue weighted by Crippen LogP contribution is -2.49. The van der Waals surface area contributed by atoms with Gasteiger partial charge in [-0.15, -0.1) is 11.6 Å². The molecule has 5 heteroatoms. The zero-order chi connectivity index (χ0) is 13.1. The van der Waals surface area contributed by atoms with E-state index in [9.17, 15) is 9.59 Å². The van der Waals surface area contributed by atoms with E-state index in [0.29, 0.717) is 12.4 Å². The molecule has 0 aromatic rings. The van der Waals surface area contributed by atoms with E-state index < -0.39 is 5.41 Å². The molecule has 1 N–H and O–H groups in total. The molecule has 0 spiro atoms. The van der Waals surface area contributed by atoms with Crippen molar-refractivity contribution in [1.82, 2.24) is 10.2 Å². The quantitative estimate of drug-likeness (QED) is 0.776. The van der Waals surface area contributed by atoms with Gasteiger partial charge in [-0.1, -0.05) is 0 Å². The number of nitrogens with one attached hydrogen (secondary N) is 1. The summed E-state index contributed by atoms with van der Waals surface area (Å²) in [6.45, 7) is 4.92. The van der Waals surface area contributed by atoms with Crippen LogP contribution in [-0.4, -0.2) is 42.7 Å². The number of amides is 2. The molecule has 0 aliphatic carbocycles. The molecule has 0 aromatic carbocycles. The molecular weight excluding hydrogens is 240 g/mol. The second-order valence-corrected chi connectivity index (χ2v) is 5.49. The Hall–Kier alpha value is -0.770. The minimum Gasteiger partial charge on any atom is -0.359 e. The lowest BCUT2D eigenvalue weighted by Gasteiger charge is -2.36. The predicted octanol–water partition coefficient (Wildman–Crippen LogP) is 1.24. The second kappa shape index (κ2) is 5.71. The van der Waals surface area contributed by atoms with Gasteiger partial charge in [0, 0.05) is 26.0 Å². The summed E-state index contributed by atoms with van der Waals surface area (Å²) in [4.78, 5) is 25.6. The molecule has 1 atom stereocenters. The van der Waals surface area contributed by atoms with E-state index in [2.05, 4.69) is 5.32 Å². The Morgan fingerprint density at radius 1 is 1.47 bits per heavy atom. The monoisotopic (exact) mass is 260 g/mol. The van der Waals surface area contributed by atoms with Crippen molar-refractivity contribution >= 4 is 23.4 Å². The number of carbonyl (C=O) groups excluding carboxylic acids is 2. The molecule has 1 rings (SSSR count). The molecular formula is C12H21ClN2O2. The van der Waals surface area contributed by atoms with Gasteiger partial charge in [-0.3, -0.25) is 9.59 Å². The molecule has 1 heterocycles. The molecule has 98 valence electrons. The lowest BCUT2D eigenvalue weighted by atomic mass is 9.90. The number of nitrogens with zero attached hydrogens (tertiary/aromatic N) is 1. The standard InChI is InChI=1S/C12H21ClN2O2/c1-12(2,8-13)11(17)15-6-4-5-9(7-15)10(16)14-3/h9H,4-8H2,1-3H3,(H,14,16). The molecule has 2 amide bonds. The number of piperidine rings is 1. The minimum absolute atomic E-state index is 0.0196. The van der Waals surface area contributed by atoms with Gasteiger partial charge in [-0.25, -0.2) is 0 Å². The zero-order valence-corrected chi connectivity index (χ0v) is 11.5. The highest BCUT2D eigenvalue weighted by Gasteiger charge is 2.35. The average Bonchev–Trinajstić information content (AvgIpc) is 2.36. The van der Waals surface area contributed by atoms with Crippen LogP contribution >= 0.6 is 11.6 Å². The van der Waals surface area contributed by atoms with Crippen LogP contribution in [0.2, 0.25) is 0 Å². The Morgan fingerprint density at radius 3 is 2.65 bits per heavy atom. The van der Waals surface area contributed by atoms with Crippen LogP contribution in [0.3, 0.4) is 0 Å². The molecule has 0 radical (unpaired) electrons. The summed E-state index contributed by atoms with van der Waals surface area (Å²) < 4.78 is 0. The maximum absolute atomic E-state index is 12.2. The summed E-state index contributed by atoms with van der Waals surface area (Å²) in [6, 6.07) is 0. The highest BCUT2D eigenvalue weighted by molar-refractivity contribution is 6.19. The summed E-state index contributed by atoms with van der Waals surface area (Å²) in [5.74, 6) is 0.281. The average molecular weight is 261 g/mol. The third-order valence-electron chi connectivity index (χ3n) is 3.24. The third-order valence-corrected chi connectivity index (χ3v) is 3.91. The molecule has 1 aliphatic heterocycles. The van der Waals surface area contributed by atoms with Gasteiger partial charge in [0.05, 0.1) is 11.3 Å². The Bertz CT molecular complexity index is 305. The number of hydrogen-bond acceptors (Lipinski definition) is 2. The van der Waals surface area contributed by atoms with E-state index in [1.807, 2.05) is 13.8 Å². The Balaban J connectivity index is 2.67. The molecule has 17 heavy (non-hydrogen) atoms. The summed E-state index contributed by atoms with van der Waals surface area (Å²) in [6.07, 6.45) is 1.73. The molecule has 1 saturated heterocycles. The van der Waals surface area contributed by atoms with Crippen molar-refractivity contribution in [3.8, 4) is 0 Å². The first-order chi connectivity index (χ1) is 7.92. The van der Waals surface area contributed by atoms with Gasteiger partial charge in [0.25, 0.3) is 0 Å². The van der Waals surface area contributed by atoms with E-state index in [4.69, 9.17) is 11.6 Å². The van der Waals surface area contributed by atoms with Gasteiger partial charge in [0.15, 0.2) is 0 Å². The maximum Gasteiger partial charge on any atom is 0.229 e. The SMILES string of the molecule is CNC(=O)C1CCCN(C(=O)C(C)(C)CCl)C1. The minimum atomic E-state index is -0.549. The number of carbonyl (C=O) groups is 2. The molecule has 1 aliphatic rings. The fraction of sp³-hybridized carbons (Fsp3) is 0.833. The maximum atomic E-state index is 12.2. The van der Waals surface area contributed by atoms with Gasteiger partial charge in [0.2, 0.25) is 11.8 Å². The van der Waals surface area contributed by atoms with E-state index >= 15 is 0 Å². The first-order valence-electron chi connectivity index (χ1n) is 5.99. The van der Waals surface area contributed by atoms with Crippen LogP contribution in [0.25, 0.3) is 0 Å². The number of hydrogen-bond donors (Lipinski definition) is 1. The van der Waals surface area contributed by atoms with Crippen molar-refractivity contribution in [1.29, 1.82) is 0 Å². The molecule has 1 fully saturated rings. The largest absolute Gasteiger partial charge is 0.359 e. The van der Waals surface area contributed by atoms with Gasteiger partial charge in [-0.2, -0.15) is 0 Å². The lowest BCUT2D eigenvalue weighted by molar-refractivity contribution is -0.142. The summed E-state index contributed by atoms with van der Waals surface area (Å²) in [5.41, 5.74) is -0.549. The summed E-state index contributed by atoms with van der Waals surface area (Å²) in [5, 5.41) is 2.64. The van der Waals surface area contributed by atoms with Crippen molar-refractivity contribution in [2.24, 2.45) is 11.3 Å². The van der Waals surface area contributed by atoms with E-state index in [1.54, 1.807) is 11.9 Å². The van der Waals surface area contributed by atoms with Crippen molar-refractivity contribution < 1.29 is 9.59 Å². The van der Waals surface area contributed by atoms with Crippen molar-refractivity contribution in [2.75, 3.05) is 26.0 Å². The first kappa shape index (κ1) is 14.3. The molecule has 1 unspecified atom stereocenters. The van der Waals surface area contributed by atoms with Gasteiger partial charge >= 0.3 is 0 Å². The number of halogens is 1. The van der Waals surface area contributed by atoms with Crippen LogP contribution in [0.5, 0.6) is 0 Å². The van der Waals surface area contributed by atoms with Crippen LogP contribution in [0, 0.1) is 11.3 Å². The first-order valence-corrected chi connectivity index (χ1v) is 6.52. The highest BCUT2D eigenvalue weighted by Crippen LogP contribution is 2.25. The van der Waals surface area contributed by atoms with E-state index in [1.165, 1.54) is 0 Å². The van der Waals surface area contributed by atoms with Crippen molar-refractivity contribution in [3.05, 3.63) is 0 Å². The van der Waals surface area contributed by atoms with Crippen LogP contribution in [0.1, 0.15) is 26.7 Å². The highest BCUT2D eigenvalue weighted by atomic mass is 35.5. The molecule has 0 saturated carbocycles. The molecule has 0 aromatic heterocycles. The van der Waals surface area contributed by atoms with Crippen LogP contribution < -0.4 is 5.32 Å². The molecule has 0 bridgehead atoms. The second-order valence-electron chi connectivity index (χ2n) is 5.22. The number of alkyl halides is 1. The number of rotatable bonds is 3. The van der Waals surface area contributed by atoms with Crippen LogP contribution in [-0.2, 0) is 9.59 Å². The fourth-order valence-corrected chi connectivity index (χ4v) is 2.18. The van der Waals surface area contributed by atoms with Gasteiger partial charge < -0.3 is 10.2 Å². The Labute approximate surface area is 108 Å². The van der Waals surface area contributed by atoms with Crippen LogP contribution in [0.15, 0.2) is 0 Å².